The average molecular weight is 696 g/mol. The number of hydrogen-bond donors (Lipinski definition) is 4. The van der Waals surface area contributed by atoms with E-state index in [2.05, 4.69) is 21.3 Å². The number of ether oxygens (including phenoxy) is 2. The number of fused-ring (bicyclic) bond motifs is 1. The lowest BCUT2D eigenvalue weighted by Gasteiger charge is -2.27. The minimum Gasteiger partial charge on any atom is -0.497 e. The van der Waals surface area contributed by atoms with Crippen LogP contribution in [0.4, 0.5) is 0 Å². The summed E-state index contributed by atoms with van der Waals surface area (Å²) in [5, 5.41) is 10.4. The molecule has 3 aromatic carbocycles. The van der Waals surface area contributed by atoms with Crippen LogP contribution in [0.15, 0.2) is 66.7 Å². The normalized spacial score (nSPS) is 17.9. The van der Waals surface area contributed by atoms with E-state index < -0.39 is 52.9 Å². The third-order valence-electron chi connectivity index (χ3n) is 9.40. The van der Waals surface area contributed by atoms with Gasteiger partial charge in [0.1, 0.15) is 30.2 Å². The first-order valence-corrected chi connectivity index (χ1v) is 16.6. The number of methoxy groups -OCH3 is 1. The maximum absolute atomic E-state index is 13.5. The minimum absolute atomic E-state index is 0.00263. The number of carbonyl (C=O) groups excluding carboxylic acids is 7. The Morgan fingerprint density at radius 3 is 2.39 bits per heavy atom. The summed E-state index contributed by atoms with van der Waals surface area (Å²) < 4.78 is 11.1. The van der Waals surface area contributed by atoms with Crippen molar-refractivity contribution >= 4 is 41.4 Å². The molecule has 3 aromatic rings. The first kappa shape index (κ1) is 34.8. The van der Waals surface area contributed by atoms with Crippen LogP contribution in [-0.4, -0.2) is 79.6 Å². The summed E-state index contributed by atoms with van der Waals surface area (Å²) in [5.74, 6) is -2.49. The molecule has 14 heteroatoms. The Balaban J connectivity index is 1.04. The number of imide groups is 2. The zero-order chi connectivity index (χ0) is 36.3. The van der Waals surface area contributed by atoms with Gasteiger partial charge in [0.15, 0.2) is 0 Å². The molecule has 2 fully saturated rings. The highest BCUT2D eigenvalue weighted by Crippen LogP contribution is 2.49. The third-order valence-corrected chi connectivity index (χ3v) is 9.40. The van der Waals surface area contributed by atoms with Crippen LogP contribution in [0.25, 0.3) is 0 Å². The number of benzene rings is 3. The van der Waals surface area contributed by atoms with E-state index in [9.17, 15) is 33.6 Å². The van der Waals surface area contributed by atoms with Crippen molar-refractivity contribution in [3.05, 3.63) is 94.5 Å². The molecule has 51 heavy (non-hydrogen) atoms. The maximum Gasteiger partial charge on any atom is 0.262 e. The van der Waals surface area contributed by atoms with Crippen LogP contribution in [0.1, 0.15) is 69.1 Å². The number of piperidine rings is 1. The lowest BCUT2D eigenvalue weighted by atomic mass is 9.94. The fourth-order valence-corrected chi connectivity index (χ4v) is 6.51. The maximum atomic E-state index is 13.5. The number of hydrogen-bond acceptors (Lipinski definition) is 9. The molecule has 2 aliphatic heterocycles. The van der Waals surface area contributed by atoms with Crippen LogP contribution in [0.5, 0.6) is 11.5 Å². The summed E-state index contributed by atoms with van der Waals surface area (Å²) in [5.41, 5.74) is 1.12. The van der Waals surface area contributed by atoms with E-state index in [0.29, 0.717) is 35.5 Å². The summed E-state index contributed by atoms with van der Waals surface area (Å²) in [7, 11) is 3.07. The van der Waals surface area contributed by atoms with Crippen molar-refractivity contribution < 1.29 is 43.0 Å². The predicted octanol–water partition coefficient (Wildman–Crippen LogP) is 1.47. The van der Waals surface area contributed by atoms with Crippen LogP contribution in [0.3, 0.4) is 0 Å². The summed E-state index contributed by atoms with van der Waals surface area (Å²) in [4.78, 5) is 90.6. The number of amides is 7. The molecule has 1 saturated heterocycles. The first-order chi connectivity index (χ1) is 24.6. The molecule has 0 bridgehead atoms. The average Bonchev–Trinajstić information content (AvgIpc) is 3.91. The van der Waals surface area contributed by atoms with Crippen LogP contribution in [-0.2, 0) is 35.8 Å². The second kappa shape index (κ2) is 14.4. The fraction of sp³-hybridized carbons (Fsp3) is 0.324. The summed E-state index contributed by atoms with van der Waals surface area (Å²) in [6.45, 7) is 0.174. The second-order valence-electron chi connectivity index (χ2n) is 12.6. The standard InChI is InChI=1S/C37H37N5O9/c1-38-33(46)31(41-36(49)37(15-16-37)23-9-11-24(50-2)12-10-23)22-6-3-7-25(19-22)51-18-17-39-29(44)20-21-5-4-8-26-30(21)35(48)42(34(26)47)27-13-14-28(43)40-32(27)45/h3-12,19,27,31H,13-18,20H2,1-2H3,(H,38,46)(H,39,44)(H,41,49)(H,40,43,45)/t27?,31-/m0/s1. The molecule has 7 amide bonds. The van der Waals surface area contributed by atoms with E-state index in [1.807, 2.05) is 12.1 Å². The van der Waals surface area contributed by atoms with Crippen LogP contribution >= 0.6 is 0 Å². The van der Waals surface area contributed by atoms with Crippen molar-refractivity contribution in [3.63, 3.8) is 0 Å². The lowest BCUT2D eigenvalue weighted by molar-refractivity contribution is -0.136. The molecule has 3 aliphatic rings. The lowest BCUT2D eigenvalue weighted by Crippen LogP contribution is -2.54. The van der Waals surface area contributed by atoms with Crippen molar-refractivity contribution in [2.24, 2.45) is 0 Å². The van der Waals surface area contributed by atoms with Gasteiger partial charge in [-0.05, 0) is 66.3 Å². The zero-order valence-electron chi connectivity index (χ0n) is 28.1. The highest BCUT2D eigenvalue weighted by atomic mass is 16.5. The van der Waals surface area contributed by atoms with Gasteiger partial charge < -0.3 is 25.4 Å². The topological polar surface area (TPSA) is 189 Å². The SMILES string of the molecule is CNC(=O)[C@@H](NC(=O)C1(c2ccc(OC)cc2)CC1)c1cccc(OCCNC(=O)Cc2cccc3c2C(=O)N(C2CCC(=O)NC2=O)C3=O)c1. The molecular formula is C37H37N5O9. The molecule has 6 rings (SSSR count). The monoisotopic (exact) mass is 695 g/mol. The Morgan fingerprint density at radius 2 is 1.71 bits per heavy atom. The van der Waals surface area contributed by atoms with Crippen LogP contribution in [0, 0.1) is 0 Å². The van der Waals surface area contributed by atoms with Gasteiger partial charge in [-0.3, -0.25) is 43.8 Å². The van der Waals surface area contributed by atoms with E-state index in [1.54, 1.807) is 55.6 Å². The highest BCUT2D eigenvalue weighted by molar-refractivity contribution is 6.24. The number of nitrogens with one attached hydrogen (secondary N) is 4. The molecule has 1 unspecified atom stereocenters. The van der Waals surface area contributed by atoms with Gasteiger partial charge in [-0.2, -0.15) is 0 Å². The Hall–Kier alpha value is -6.05. The molecule has 0 aromatic heterocycles. The molecule has 0 spiro atoms. The van der Waals surface area contributed by atoms with Gasteiger partial charge in [-0.1, -0.05) is 36.4 Å². The molecule has 2 heterocycles. The predicted molar refractivity (Wildman–Crippen MR) is 181 cm³/mol. The first-order valence-electron chi connectivity index (χ1n) is 16.6. The van der Waals surface area contributed by atoms with E-state index in [1.165, 1.54) is 13.1 Å². The number of nitrogens with zero attached hydrogens (tertiary/aromatic N) is 1. The quantitative estimate of drug-likeness (QED) is 0.152. The van der Waals surface area contributed by atoms with Crippen molar-refractivity contribution in [1.82, 2.24) is 26.2 Å². The molecule has 4 N–H and O–H groups in total. The van der Waals surface area contributed by atoms with Crippen molar-refractivity contribution in [2.75, 3.05) is 27.3 Å². The minimum atomic E-state index is -1.11. The molecule has 1 aliphatic carbocycles. The van der Waals surface area contributed by atoms with Gasteiger partial charge in [-0.15, -0.1) is 0 Å². The third kappa shape index (κ3) is 7.02. The Morgan fingerprint density at radius 1 is 0.961 bits per heavy atom. The summed E-state index contributed by atoms with van der Waals surface area (Å²) in [6.07, 6.45) is 1.14. The van der Waals surface area contributed by atoms with Crippen LogP contribution in [0.2, 0.25) is 0 Å². The van der Waals surface area contributed by atoms with Gasteiger partial charge in [-0.25, -0.2) is 0 Å². The summed E-state index contributed by atoms with van der Waals surface area (Å²) >= 11 is 0. The fourth-order valence-electron chi connectivity index (χ4n) is 6.51. The Kier molecular flexibility index (Phi) is 9.85. The molecule has 14 nitrogen and oxygen atoms in total. The van der Waals surface area contributed by atoms with Gasteiger partial charge >= 0.3 is 0 Å². The molecule has 1 saturated carbocycles. The van der Waals surface area contributed by atoms with E-state index >= 15 is 0 Å². The smallest absolute Gasteiger partial charge is 0.262 e. The van der Waals surface area contributed by atoms with E-state index in [4.69, 9.17) is 9.47 Å². The van der Waals surface area contributed by atoms with Gasteiger partial charge in [0.05, 0.1) is 36.6 Å². The van der Waals surface area contributed by atoms with E-state index in [-0.39, 0.29) is 49.4 Å². The second-order valence-corrected chi connectivity index (χ2v) is 12.6. The van der Waals surface area contributed by atoms with Crippen molar-refractivity contribution in [2.45, 2.75) is 49.6 Å². The molecular weight excluding hydrogens is 658 g/mol. The van der Waals surface area contributed by atoms with Gasteiger partial charge in [0, 0.05) is 13.5 Å². The molecule has 2 atom stereocenters. The van der Waals surface area contributed by atoms with E-state index in [0.717, 1.165) is 10.5 Å². The van der Waals surface area contributed by atoms with Gasteiger partial charge in [0.25, 0.3) is 11.8 Å². The largest absolute Gasteiger partial charge is 0.497 e. The number of likely N-dealkylation sites (N-methyl/N-ethyl adjacent to an activating group) is 1. The van der Waals surface area contributed by atoms with Crippen LogP contribution < -0.4 is 30.7 Å². The summed E-state index contributed by atoms with van der Waals surface area (Å²) in [6, 6.07) is 16.6. The molecule has 0 radical (unpaired) electrons. The zero-order valence-corrected chi connectivity index (χ0v) is 28.1. The number of carbonyl (C=O) groups is 7. The number of rotatable bonds is 13. The Labute approximate surface area is 293 Å². The molecule has 264 valence electrons. The van der Waals surface area contributed by atoms with Crippen molar-refractivity contribution in [3.8, 4) is 11.5 Å². The Bertz CT molecular complexity index is 1920. The highest BCUT2D eigenvalue weighted by Gasteiger charge is 2.52. The van der Waals surface area contributed by atoms with Gasteiger partial charge in [0.2, 0.25) is 29.5 Å². The van der Waals surface area contributed by atoms with Crippen molar-refractivity contribution in [1.29, 1.82) is 0 Å².